The number of hydrogen-bond acceptors (Lipinski definition) is 5. The van der Waals surface area contributed by atoms with Gasteiger partial charge in [-0.25, -0.2) is 4.98 Å². The van der Waals surface area contributed by atoms with Gasteiger partial charge in [0.1, 0.15) is 0 Å². The number of nitrogens with zero attached hydrogens (tertiary/aromatic N) is 2. The van der Waals surface area contributed by atoms with E-state index >= 15 is 0 Å². The zero-order valence-corrected chi connectivity index (χ0v) is 12.9. The monoisotopic (exact) mass is 293 g/mol. The third-order valence-electron chi connectivity index (χ3n) is 3.95. The number of ether oxygens (including phenoxy) is 1. The Kier molecular flexibility index (Phi) is 6.92. The minimum atomic E-state index is 0.281. The Hall–Kier alpha value is -1.17. The highest BCUT2D eigenvalue weighted by molar-refractivity contribution is 5.17. The van der Waals surface area contributed by atoms with Crippen LogP contribution in [0.3, 0.4) is 0 Å². The lowest BCUT2D eigenvalue weighted by Gasteiger charge is -2.34. The van der Waals surface area contributed by atoms with Crippen LogP contribution in [0.1, 0.15) is 31.7 Å². The van der Waals surface area contributed by atoms with E-state index < -0.39 is 0 Å². The molecule has 0 saturated carbocycles. The molecule has 118 valence electrons. The highest BCUT2D eigenvalue weighted by Gasteiger charge is 2.20. The number of aliphatic hydroxyl groups excluding tert-OH is 1. The number of pyridine rings is 1. The topological polar surface area (TPSA) is 57.6 Å². The Balaban J connectivity index is 1.66. The quantitative estimate of drug-likeness (QED) is 0.710. The lowest BCUT2D eigenvalue weighted by atomic mass is 10.0. The average Bonchev–Trinajstić information content (AvgIpc) is 2.54. The molecule has 1 aromatic rings. The fraction of sp³-hybridized carbons (Fsp3) is 0.688. The summed E-state index contributed by atoms with van der Waals surface area (Å²) in [6.07, 6.45) is 5.47. The standard InChI is InChI=1S/C16H27N3O2/c1-2-21-16-7-6-14(12-18-16)11-17-8-10-19-9-4-3-5-15(19)13-20/h6-7,12,15,17,20H,2-5,8-11,13H2,1H3/t15-/m1/s1. The molecule has 21 heavy (non-hydrogen) atoms. The summed E-state index contributed by atoms with van der Waals surface area (Å²) >= 11 is 0. The highest BCUT2D eigenvalue weighted by Crippen LogP contribution is 2.15. The van der Waals surface area contributed by atoms with E-state index in [2.05, 4.69) is 15.2 Å². The van der Waals surface area contributed by atoms with Crippen LogP contribution in [0, 0.1) is 0 Å². The van der Waals surface area contributed by atoms with Crippen molar-refractivity contribution in [2.75, 3.05) is 32.8 Å². The first-order valence-electron chi connectivity index (χ1n) is 7.97. The first-order valence-corrected chi connectivity index (χ1v) is 7.97. The molecule has 1 aromatic heterocycles. The molecule has 0 aliphatic carbocycles. The summed E-state index contributed by atoms with van der Waals surface area (Å²) in [5, 5.41) is 12.8. The predicted molar refractivity (Wildman–Crippen MR) is 83.4 cm³/mol. The van der Waals surface area contributed by atoms with Gasteiger partial charge in [0.05, 0.1) is 13.2 Å². The smallest absolute Gasteiger partial charge is 0.213 e. The SMILES string of the molecule is CCOc1ccc(CNCCN2CCCC[C@@H]2CO)cn1. The number of piperidine rings is 1. The third-order valence-corrected chi connectivity index (χ3v) is 3.95. The number of hydrogen-bond donors (Lipinski definition) is 2. The highest BCUT2D eigenvalue weighted by atomic mass is 16.5. The number of likely N-dealkylation sites (tertiary alicyclic amines) is 1. The molecule has 5 nitrogen and oxygen atoms in total. The summed E-state index contributed by atoms with van der Waals surface area (Å²) in [5.74, 6) is 0.681. The van der Waals surface area contributed by atoms with Crippen LogP contribution in [0.15, 0.2) is 18.3 Å². The second kappa shape index (κ2) is 8.97. The van der Waals surface area contributed by atoms with E-state index in [1.165, 1.54) is 12.8 Å². The van der Waals surface area contributed by atoms with Gasteiger partial charge in [0.25, 0.3) is 0 Å². The Bertz CT molecular complexity index is 397. The maximum absolute atomic E-state index is 9.38. The van der Waals surface area contributed by atoms with Crippen molar-refractivity contribution in [3.05, 3.63) is 23.9 Å². The predicted octanol–water partition coefficient (Wildman–Crippen LogP) is 1.42. The van der Waals surface area contributed by atoms with E-state index in [1.807, 2.05) is 25.3 Å². The molecule has 0 amide bonds. The van der Waals surface area contributed by atoms with Gasteiger partial charge < -0.3 is 15.2 Å². The number of aliphatic hydroxyl groups is 1. The molecular formula is C16H27N3O2. The molecule has 0 unspecified atom stereocenters. The molecule has 0 aromatic carbocycles. The molecule has 2 N–H and O–H groups in total. The van der Waals surface area contributed by atoms with E-state index in [0.717, 1.165) is 38.2 Å². The molecule has 1 aliphatic heterocycles. The van der Waals surface area contributed by atoms with Crippen molar-refractivity contribution in [2.24, 2.45) is 0 Å². The van der Waals surface area contributed by atoms with Crippen molar-refractivity contribution in [1.29, 1.82) is 0 Å². The summed E-state index contributed by atoms with van der Waals surface area (Å²) in [6, 6.07) is 4.31. The van der Waals surface area contributed by atoms with Crippen LogP contribution in [-0.4, -0.2) is 53.9 Å². The van der Waals surface area contributed by atoms with E-state index in [0.29, 0.717) is 18.5 Å². The zero-order valence-electron chi connectivity index (χ0n) is 12.9. The van der Waals surface area contributed by atoms with Crippen LogP contribution in [-0.2, 0) is 6.54 Å². The van der Waals surface area contributed by atoms with E-state index in [-0.39, 0.29) is 6.61 Å². The molecule has 2 heterocycles. The van der Waals surface area contributed by atoms with E-state index in [4.69, 9.17) is 4.74 Å². The minimum Gasteiger partial charge on any atom is -0.478 e. The molecular weight excluding hydrogens is 266 g/mol. The first kappa shape index (κ1) is 16.2. The summed E-state index contributed by atoms with van der Waals surface area (Å²) in [4.78, 5) is 6.65. The van der Waals surface area contributed by atoms with Crippen LogP contribution >= 0.6 is 0 Å². The van der Waals surface area contributed by atoms with Gasteiger partial charge in [-0.15, -0.1) is 0 Å². The van der Waals surface area contributed by atoms with Crippen molar-refractivity contribution in [3.63, 3.8) is 0 Å². The number of aromatic nitrogens is 1. The second-order valence-corrected chi connectivity index (χ2v) is 5.48. The van der Waals surface area contributed by atoms with Gasteiger partial charge in [-0.1, -0.05) is 12.5 Å². The van der Waals surface area contributed by atoms with Gasteiger partial charge in [-0.3, -0.25) is 4.90 Å². The lowest BCUT2D eigenvalue weighted by Crippen LogP contribution is -2.44. The third kappa shape index (κ3) is 5.26. The summed E-state index contributed by atoms with van der Waals surface area (Å²) < 4.78 is 5.33. The summed E-state index contributed by atoms with van der Waals surface area (Å²) in [5.41, 5.74) is 1.16. The Morgan fingerprint density at radius 2 is 2.33 bits per heavy atom. The van der Waals surface area contributed by atoms with Crippen molar-refractivity contribution in [1.82, 2.24) is 15.2 Å². The van der Waals surface area contributed by atoms with Gasteiger partial charge >= 0.3 is 0 Å². The van der Waals surface area contributed by atoms with Crippen LogP contribution in [0.4, 0.5) is 0 Å². The zero-order chi connectivity index (χ0) is 14.9. The van der Waals surface area contributed by atoms with Crippen molar-refractivity contribution < 1.29 is 9.84 Å². The molecule has 1 aliphatic rings. The molecule has 1 atom stereocenters. The molecule has 1 fully saturated rings. The Morgan fingerprint density at radius 3 is 3.05 bits per heavy atom. The molecule has 0 spiro atoms. The maximum Gasteiger partial charge on any atom is 0.213 e. The average molecular weight is 293 g/mol. The molecule has 5 heteroatoms. The van der Waals surface area contributed by atoms with Crippen LogP contribution < -0.4 is 10.1 Å². The molecule has 0 radical (unpaired) electrons. The Labute approximate surface area is 127 Å². The Morgan fingerprint density at radius 1 is 1.43 bits per heavy atom. The molecule has 1 saturated heterocycles. The summed E-state index contributed by atoms with van der Waals surface area (Å²) in [6.45, 7) is 6.74. The fourth-order valence-electron chi connectivity index (χ4n) is 2.77. The normalized spacial score (nSPS) is 19.6. The lowest BCUT2D eigenvalue weighted by molar-refractivity contribution is 0.0910. The maximum atomic E-state index is 9.38. The second-order valence-electron chi connectivity index (χ2n) is 5.48. The summed E-state index contributed by atoms with van der Waals surface area (Å²) in [7, 11) is 0. The number of nitrogens with one attached hydrogen (secondary N) is 1. The minimum absolute atomic E-state index is 0.281. The van der Waals surface area contributed by atoms with Crippen LogP contribution in [0.25, 0.3) is 0 Å². The van der Waals surface area contributed by atoms with Gasteiger partial charge in [0.15, 0.2) is 0 Å². The van der Waals surface area contributed by atoms with Gasteiger partial charge in [-0.05, 0) is 31.9 Å². The van der Waals surface area contributed by atoms with Crippen LogP contribution in [0.2, 0.25) is 0 Å². The van der Waals surface area contributed by atoms with Crippen molar-refractivity contribution in [3.8, 4) is 5.88 Å². The molecule has 0 bridgehead atoms. The first-order chi connectivity index (χ1) is 10.3. The van der Waals surface area contributed by atoms with E-state index in [1.54, 1.807) is 0 Å². The number of rotatable bonds is 8. The van der Waals surface area contributed by atoms with Gasteiger partial charge in [0, 0.05) is 37.9 Å². The van der Waals surface area contributed by atoms with Crippen molar-refractivity contribution >= 4 is 0 Å². The van der Waals surface area contributed by atoms with Gasteiger partial charge in [0.2, 0.25) is 5.88 Å². The largest absolute Gasteiger partial charge is 0.478 e. The van der Waals surface area contributed by atoms with Crippen molar-refractivity contribution in [2.45, 2.75) is 38.8 Å². The molecule has 2 rings (SSSR count). The van der Waals surface area contributed by atoms with E-state index in [9.17, 15) is 5.11 Å². The fourth-order valence-corrected chi connectivity index (χ4v) is 2.77. The van der Waals surface area contributed by atoms with Gasteiger partial charge in [-0.2, -0.15) is 0 Å². The van der Waals surface area contributed by atoms with Crippen LogP contribution in [0.5, 0.6) is 5.88 Å².